The Hall–Kier alpha value is -2.34. The van der Waals surface area contributed by atoms with Crippen molar-refractivity contribution in [3.05, 3.63) is 65.7 Å². The molecule has 0 amide bonds. The van der Waals surface area contributed by atoms with E-state index in [1.165, 1.54) is 11.8 Å². The van der Waals surface area contributed by atoms with Crippen LogP contribution in [0.2, 0.25) is 0 Å². The highest BCUT2D eigenvalue weighted by atomic mass is 16.5. The second kappa shape index (κ2) is 7.08. The molecule has 0 fully saturated rings. The van der Waals surface area contributed by atoms with Gasteiger partial charge in [0.25, 0.3) is 0 Å². The molecule has 0 bridgehead atoms. The average Bonchev–Trinajstić information content (AvgIpc) is 2.36. The van der Waals surface area contributed by atoms with E-state index >= 15 is 0 Å². The lowest BCUT2D eigenvalue weighted by Gasteiger charge is -2.04. The molecular formula is C15H16N2O. The zero-order valence-electron chi connectivity index (χ0n) is 10.7. The van der Waals surface area contributed by atoms with E-state index < -0.39 is 0 Å². The van der Waals surface area contributed by atoms with E-state index in [-0.39, 0.29) is 0 Å². The molecule has 1 rings (SSSR count). The smallest absolute Gasteiger partial charge is 0.130 e. The van der Waals surface area contributed by atoms with E-state index in [1.54, 1.807) is 18.2 Å². The van der Waals surface area contributed by atoms with Gasteiger partial charge in [0.15, 0.2) is 0 Å². The van der Waals surface area contributed by atoms with Gasteiger partial charge in [0.1, 0.15) is 18.4 Å². The van der Waals surface area contributed by atoms with Crippen molar-refractivity contribution in [3.8, 4) is 6.07 Å². The maximum Gasteiger partial charge on any atom is 0.130 e. The van der Waals surface area contributed by atoms with Crippen molar-refractivity contribution >= 4 is 0 Å². The van der Waals surface area contributed by atoms with E-state index in [4.69, 9.17) is 10.00 Å². The molecule has 0 saturated carbocycles. The number of hydrogen-bond donors (Lipinski definition) is 0. The van der Waals surface area contributed by atoms with E-state index in [0.717, 1.165) is 5.69 Å². The molecule has 92 valence electrons. The first-order valence-corrected chi connectivity index (χ1v) is 5.60. The Bertz CT molecular complexity index is 500. The molecule has 1 aromatic heterocycles. The predicted molar refractivity (Wildman–Crippen MR) is 71.5 cm³/mol. The summed E-state index contributed by atoms with van der Waals surface area (Å²) in [6, 6.07) is 5.50. The third kappa shape index (κ3) is 5.13. The number of pyridine rings is 1. The van der Waals surface area contributed by atoms with Gasteiger partial charge in [-0.05, 0) is 32.1 Å². The molecule has 0 aromatic carbocycles. The highest BCUT2D eigenvalue weighted by Crippen LogP contribution is 2.05. The molecule has 0 atom stereocenters. The summed E-state index contributed by atoms with van der Waals surface area (Å²) >= 11 is 0. The zero-order chi connectivity index (χ0) is 13.4. The SMILES string of the molecule is C=C(/C=C\C=C(C)C)OCc1ccc(C#N)cn1. The Morgan fingerprint density at radius 2 is 2.28 bits per heavy atom. The number of nitrogens with zero attached hydrogens (tertiary/aromatic N) is 2. The van der Waals surface area contributed by atoms with Crippen LogP contribution in [0, 0.1) is 11.3 Å². The van der Waals surface area contributed by atoms with Gasteiger partial charge in [0, 0.05) is 6.20 Å². The van der Waals surface area contributed by atoms with E-state index in [9.17, 15) is 0 Å². The van der Waals surface area contributed by atoms with Crippen LogP contribution < -0.4 is 0 Å². The van der Waals surface area contributed by atoms with Crippen LogP contribution in [0.15, 0.2) is 54.5 Å². The van der Waals surface area contributed by atoms with Gasteiger partial charge in [-0.3, -0.25) is 4.98 Å². The van der Waals surface area contributed by atoms with Crippen LogP contribution >= 0.6 is 0 Å². The van der Waals surface area contributed by atoms with Crippen molar-refractivity contribution in [3.63, 3.8) is 0 Å². The highest BCUT2D eigenvalue weighted by molar-refractivity contribution is 5.26. The normalized spacial score (nSPS) is 9.83. The molecule has 18 heavy (non-hydrogen) atoms. The monoisotopic (exact) mass is 240 g/mol. The van der Waals surface area contributed by atoms with E-state index in [1.807, 2.05) is 32.1 Å². The largest absolute Gasteiger partial charge is 0.488 e. The summed E-state index contributed by atoms with van der Waals surface area (Å²) in [7, 11) is 0. The molecule has 0 spiro atoms. The minimum Gasteiger partial charge on any atom is -0.488 e. The maximum absolute atomic E-state index is 8.64. The molecular weight excluding hydrogens is 224 g/mol. The molecule has 1 aromatic rings. The summed E-state index contributed by atoms with van der Waals surface area (Å²) in [5, 5.41) is 8.64. The topological polar surface area (TPSA) is 45.9 Å². The third-order valence-corrected chi connectivity index (χ3v) is 2.07. The summed E-state index contributed by atoms with van der Waals surface area (Å²) in [5.74, 6) is 0.582. The van der Waals surface area contributed by atoms with Crippen LogP contribution in [0.4, 0.5) is 0 Å². The zero-order valence-corrected chi connectivity index (χ0v) is 10.7. The first kappa shape index (κ1) is 13.7. The standard InChI is InChI=1S/C15H16N2O/c1-12(2)5-4-6-13(3)18-11-15-8-7-14(9-16)10-17-15/h4-8,10H,3,11H2,1-2H3/b6-4-. The van der Waals surface area contributed by atoms with Crippen LogP contribution in [-0.4, -0.2) is 4.98 Å². The van der Waals surface area contributed by atoms with Crippen molar-refractivity contribution < 1.29 is 4.74 Å². The lowest BCUT2D eigenvalue weighted by Crippen LogP contribution is -1.94. The Labute approximate surface area is 108 Å². The number of rotatable bonds is 5. The molecule has 0 aliphatic rings. The lowest BCUT2D eigenvalue weighted by molar-refractivity contribution is 0.209. The minimum absolute atomic E-state index is 0.351. The summed E-state index contributed by atoms with van der Waals surface area (Å²) in [5.41, 5.74) is 2.53. The van der Waals surface area contributed by atoms with Gasteiger partial charge >= 0.3 is 0 Å². The molecule has 0 N–H and O–H groups in total. The van der Waals surface area contributed by atoms with Gasteiger partial charge < -0.3 is 4.74 Å². The van der Waals surface area contributed by atoms with Crippen molar-refractivity contribution in [2.24, 2.45) is 0 Å². The summed E-state index contributed by atoms with van der Waals surface area (Å²) in [6.07, 6.45) is 7.20. The molecule has 0 unspecified atom stereocenters. The second-order valence-corrected chi connectivity index (χ2v) is 4.01. The lowest BCUT2D eigenvalue weighted by atomic mass is 10.3. The summed E-state index contributed by atoms with van der Waals surface area (Å²) in [6.45, 7) is 8.18. The molecule has 3 nitrogen and oxygen atoms in total. The van der Waals surface area contributed by atoms with Crippen LogP contribution in [0.25, 0.3) is 0 Å². The van der Waals surface area contributed by atoms with Crippen LogP contribution in [0.1, 0.15) is 25.1 Å². The Morgan fingerprint density at radius 3 is 2.83 bits per heavy atom. The van der Waals surface area contributed by atoms with Crippen molar-refractivity contribution in [2.75, 3.05) is 0 Å². The first-order valence-electron chi connectivity index (χ1n) is 5.60. The highest BCUT2D eigenvalue weighted by Gasteiger charge is 1.96. The number of nitriles is 1. The Kier molecular flexibility index (Phi) is 5.40. The van der Waals surface area contributed by atoms with Crippen LogP contribution in [0.5, 0.6) is 0 Å². The number of hydrogen-bond acceptors (Lipinski definition) is 3. The quantitative estimate of drug-likeness (QED) is 0.584. The van der Waals surface area contributed by atoms with Gasteiger partial charge in [0.05, 0.1) is 11.3 Å². The third-order valence-electron chi connectivity index (χ3n) is 2.07. The fourth-order valence-electron chi connectivity index (χ4n) is 1.14. The van der Waals surface area contributed by atoms with Crippen LogP contribution in [0.3, 0.4) is 0 Å². The number of allylic oxidation sites excluding steroid dienone is 4. The van der Waals surface area contributed by atoms with Crippen molar-refractivity contribution in [1.82, 2.24) is 4.98 Å². The minimum atomic E-state index is 0.351. The maximum atomic E-state index is 8.64. The molecule has 0 saturated heterocycles. The molecule has 0 radical (unpaired) electrons. The van der Waals surface area contributed by atoms with Crippen molar-refractivity contribution in [1.29, 1.82) is 5.26 Å². The summed E-state index contributed by atoms with van der Waals surface area (Å²) < 4.78 is 5.43. The first-order chi connectivity index (χ1) is 8.61. The second-order valence-electron chi connectivity index (χ2n) is 4.01. The molecule has 3 heteroatoms. The van der Waals surface area contributed by atoms with Gasteiger partial charge in [0.2, 0.25) is 0 Å². The number of ether oxygens (including phenoxy) is 1. The Balaban J connectivity index is 2.45. The Morgan fingerprint density at radius 1 is 1.50 bits per heavy atom. The fourth-order valence-corrected chi connectivity index (χ4v) is 1.14. The van der Waals surface area contributed by atoms with E-state index in [0.29, 0.717) is 17.9 Å². The van der Waals surface area contributed by atoms with Gasteiger partial charge in [-0.15, -0.1) is 0 Å². The van der Waals surface area contributed by atoms with Crippen molar-refractivity contribution in [2.45, 2.75) is 20.5 Å². The molecule has 0 aliphatic carbocycles. The fraction of sp³-hybridized carbons (Fsp3) is 0.200. The van der Waals surface area contributed by atoms with E-state index in [2.05, 4.69) is 11.6 Å². The van der Waals surface area contributed by atoms with Crippen LogP contribution in [-0.2, 0) is 11.3 Å². The average molecular weight is 240 g/mol. The summed E-state index contributed by atoms with van der Waals surface area (Å²) in [4.78, 5) is 4.11. The van der Waals surface area contributed by atoms with Gasteiger partial charge in [-0.2, -0.15) is 5.26 Å². The molecule has 0 aliphatic heterocycles. The number of aromatic nitrogens is 1. The van der Waals surface area contributed by atoms with Gasteiger partial charge in [-0.1, -0.05) is 24.3 Å². The predicted octanol–water partition coefficient (Wildman–Crippen LogP) is 3.51. The molecule has 1 heterocycles. The van der Waals surface area contributed by atoms with Gasteiger partial charge in [-0.25, -0.2) is 0 Å².